The molecule has 0 aliphatic carbocycles. The number of nitrogen functional groups attached to an aromatic ring is 1. The highest BCUT2D eigenvalue weighted by atomic mass is 79.9. The predicted molar refractivity (Wildman–Crippen MR) is 76.3 cm³/mol. The summed E-state index contributed by atoms with van der Waals surface area (Å²) in [6.07, 6.45) is 1.52. The third-order valence-electron chi connectivity index (χ3n) is 1.95. The highest BCUT2D eigenvalue weighted by Crippen LogP contribution is 2.32. The Balaban J connectivity index is 2.17. The molecule has 0 aromatic carbocycles. The van der Waals surface area contributed by atoms with E-state index >= 15 is 0 Å². The first-order chi connectivity index (χ1) is 8.06. The second kappa shape index (κ2) is 5.16. The predicted octanol–water partition coefficient (Wildman–Crippen LogP) is 3.50. The zero-order chi connectivity index (χ0) is 12.4. The van der Waals surface area contributed by atoms with Crippen molar-refractivity contribution < 1.29 is 4.79 Å². The van der Waals surface area contributed by atoms with Crippen molar-refractivity contribution in [3.8, 4) is 0 Å². The van der Waals surface area contributed by atoms with Crippen molar-refractivity contribution in [1.29, 1.82) is 0 Å². The summed E-state index contributed by atoms with van der Waals surface area (Å²) in [5.74, 6) is 0.229. The molecule has 88 valence electrons. The van der Waals surface area contributed by atoms with E-state index in [1.54, 1.807) is 18.2 Å². The first kappa shape index (κ1) is 12.5. The number of nitrogens with two attached hydrogens (primary N) is 1. The van der Waals surface area contributed by atoms with E-state index in [9.17, 15) is 4.79 Å². The number of aromatic nitrogens is 1. The minimum Gasteiger partial charge on any atom is -0.384 e. The number of hydrogen-bond acceptors (Lipinski definition) is 4. The molecule has 0 unspecified atom stereocenters. The van der Waals surface area contributed by atoms with Gasteiger partial charge in [-0.25, -0.2) is 4.98 Å². The number of nitrogens with one attached hydrogen (secondary N) is 1. The Morgan fingerprint density at radius 1 is 1.41 bits per heavy atom. The summed E-state index contributed by atoms with van der Waals surface area (Å²) >= 11 is 8.11. The van der Waals surface area contributed by atoms with Crippen LogP contribution >= 0.6 is 43.2 Å². The molecule has 2 aromatic rings. The minimum absolute atomic E-state index is 0.189. The van der Waals surface area contributed by atoms with Crippen LogP contribution in [0.5, 0.6) is 0 Å². The zero-order valence-corrected chi connectivity index (χ0v) is 12.4. The quantitative estimate of drug-likeness (QED) is 0.842. The lowest BCUT2D eigenvalue weighted by Gasteiger charge is -2.03. The van der Waals surface area contributed by atoms with Crippen molar-refractivity contribution in [1.82, 2.24) is 4.98 Å². The standard InChI is InChI=1S/C10H7Br2N3OS/c11-7-3-6(9(12)17-7)10(16)15-5-1-2-8(13)14-4-5/h1-4H,(H2,13,14)(H,15,16). The minimum atomic E-state index is -0.189. The highest BCUT2D eigenvalue weighted by Gasteiger charge is 2.13. The highest BCUT2D eigenvalue weighted by molar-refractivity contribution is 9.12. The van der Waals surface area contributed by atoms with Crippen LogP contribution < -0.4 is 11.1 Å². The molecule has 17 heavy (non-hydrogen) atoms. The maximum atomic E-state index is 11.9. The number of pyridine rings is 1. The van der Waals surface area contributed by atoms with E-state index in [2.05, 4.69) is 42.2 Å². The van der Waals surface area contributed by atoms with Crippen LogP contribution in [0.4, 0.5) is 11.5 Å². The molecule has 1 amide bonds. The van der Waals surface area contributed by atoms with E-state index in [1.165, 1.54) is 17.5 Å². The molecule has 7 heteroatoms. The average molecular weight is 377 g/mol. The molecule has 0 radical (unpaired) electrons. The molecule has 4 nitrogen and oxygen atoms in total. The molecule has 0 spiro atoms. The Morgan fingerprint density at radius 2 is 2.18 bits per heavy atom. The lowest BCUT2D eigenvalue weighted by molar-refractivity contribution is 0.102. The number of carbonyl (C=O) groups is 1. The van der Waals surface area contributed by atoms with Gasteiger partial charge in [0.15, 0.2) is 0 Å². The first-order valence-electron chi connectivity index (χ1n) is 4.54. The number of nitrogens with zero attached hydrogens (tertiary/aromatic N) is 1. The number of thiophene rings is 1. The van der Waals surface area contributed by atoms with Crippen molar-refractivity contribution in [3.05, 3.63) is 37.5 Å². The Kier molecular flexibility index (Phi) is 3.80. The lowest BCUT2D eigenvalue weighted by atomic mass is 10.3. The molecule has 0 fully saturated rings. The van der Waals surface area contributed by atoms with Gasteiger partial charge in [0.05, 0.1) is 25.0 Å². The van der Waals surface area contributed by atoms with Crippen LogP contribution in [-0.2, 0) is 0 Å². The third kappa shape index (κ3) is 3.05. The maximum absolute atomic E-state index is 11.9. The number of carbonyl (C=O) groups excluding carboxylic acids is 1. The van der Waals surface area contributed by atoms with E-state index in [0.29, 0.717) is 17.1 Å². The number of rotatable bonds is 2. The largest absolute Gasteiger partial charge is 0.384 e. The van der Waals surface area contributed by atoms with E-state index < -0.39 is 0 Å². The second-order valence-electron chi connectivity index (χ2n) is 3.16. The molecule has 0 saturated heterocycles. The molecule has 2 heterocycles. The first-order valence-corrected chi connectivity index (χ1v) is 6.94. The molecule has 0 atom stereocenters. The van der Waals surface area contributed by atoms with E-state index in [0.717, 1.165) is 7.57 Å². The topological polar surface area (TPSA) is 68.0 Å². The number of hydrogen-bond donors (Lipinski definition) is 2. The monoisotopic (exact) mass is 375 g/mol. The summed E-state index contributed by atoms with van der Waals surface area (Å²) < 4.78 is 1.68. The summed E-state index contributed by atoms with van der Waals surface area (Å²) in [4.78, 5) is 15.8. The smallest absolute Gasteiger partial charge is 0.257 e. The summed E-state index contributed by atoms with van der Waals surface area (Å²) in [7, 11) is 0. The van der Waals surface area contributed by atoms with Gasteiger partial charge in [0.2, 0.25) is 0 Å². The van der Waals surface area contributed by atoms with E-state index in [-0.39, 0.29) is 5.91 Å². The van der Waals surface area contributed by atoms with Crippen LogP contribution in [0.2, 0.25) is 0 Å². The number of anilines is 2. The molecule has 0 aliphatic heterocycles. The molecular weight excluding hydrogens is 370 g/mol. The van der Waals surface area contributed by atoms with Crippen molar-refractivity contribution in [2.45, 2.75) is 0 Å². The molecular formula is C10H7Br2N3OS. The molecule has 0 bridgehead atoms. The van der Waals surface area contributed by atoms with Crippen molar-refractivity contribution in [2.24, 2.45) is 0 Å². The summed E-state index contributed by atoms with van der Waals surface area (Å²) in [6.45, 7) is 0. The Bertz CT molecular complexity index is 553. The molecule has 0 aliphatic rings. The van der Waals surface area contributed by atoms with Crippen molar-refractivity contribution in [2.75, 3.05) is 11.1 Å². The van der Waals surface area contributed by atoms with Crippen molar-refractivity contribution >= 4 is 60.6 Å². The van der Waals surface area contributed by atoms with Gasteiger partial charge in [0.1, 0.15) is 5.82 Å². The van der Waals surface area contributed by atoms with Crippen LogP contribution in [0.15, 0.2) is 32.0 Å². The van der Waals surface area contributed by atoms with Gasteiger partial charge in [0, 0.05) is 0 Å². The molecule has 0 saturated carbocycles. The van der Waals surface area contributed by atoms with Crippen LogP contribution in [0.3, 0.4) is 0 Å². The maximum Gasteiger partial charge on any atom is 0.257 e. The van der Waals surface area contributed by atoms with Crippen LogP contribution in [0.1, 0.15) is 10.4 Å². The molecule has 3 N–H and O–H groups in total. The van der Waals surface area contributed by atoms with Gasteiger partial charge in [0.25, 0.3) is 5.91 Å². The van der Waals surface area contributed by atoms with Crippen LogP contribution in [-0.4, -0.2) is 10.9 Å². The number of halogens is 2. The van der Waals surface area contributed by atoms with Gasteiger partial charge in [-0.05, 0) is 50.1 Å². The normalized spacial score (nSPS) is 10.2. The van der Waals surface area contributed by atoms with Crippen LogP contribution in [0.25, 0.3) is 0 Å². The summed E-state index contributed by atoms with van der Waals surface area (Å²) in [5.41, 5.74) is 6.65. The van der Waals surface area contributed by atoms with Crippen LogP contribution in [0, 0.1) is 0 Å². The second-order valence-corrected chi connectivity index (χ2v) is 6.91. The fourth-order valence-electron chi connectivity index (χ4n) is 1.17. The number of amides is 1. The average Bonchev–Trinajstić information content (AvgIpc) is 2.61. The van der Waals surface area contributed by atoms with Gasteiger partial charge in [-0.2, -0.15) is 0 Å². The SMILES string of the molecule is Nc1ccc(NC(=O)c2cc(Br)sc2Br)cn1. The summed E-state index contributed by atoms with van der Waals surface area (Å²) in [5, 5.41) is 2.74. The Labute approximate surface area is 118 Å². The Morgan fingerprint density at radius 3 is 2.71 bits per heavy atom. The van der Waals surface area contributed by atoms with Crippen molar-refractivity contribution in [3.63, 3.8) is 0 Å². The van der Waals surface area contributed by atoms with Gasteiger partial charge >= 0.3 is 0 Å². The lowest BCUT2D eigenvalue weighted by Crippen LogP contribution is -2.11. The molecule has 2 rings (SSSR count). The molecule has 2 aromatic heterocycles. The third-order valence-corrected chi connectivity index (χ3v) is 4.28. The van der Waals surface area contributed by atoms with Gasteiger partial charge in [-0.3, -0.25) is 4.79 Å². The van der Waals surface area contributed by atoms with Gasteiger partial charge < -0.3 is 11.1 Å². The van der Waals surface area contributed by atoms with E-state index in [1.807, 2.05) is 0 Å². The van der Waals surface area contributed by atoms with E-state index in [4.69, 9.17) is 5.73 Å². The van der Waals surface area contributed by atoms with Gasteiger partial charge in [-0.15, -0.1) is 11.3 Å². The fraction of sp³-hybridized carbons (Fsp3) is 0. The Hall–Kier alpha value is -0.920. The van der Waals surface area contributed by atoms with Gasteiger partial charge in [-0.1, -0.05) is 0 Å². The summed E-state index contributed by atoms with van der Waals surface area (Å²) in [6, 6.07) is 5.10. The zero-order valence-electron chi connectivity index (χ0n) is 8.41. The fourth-order valence-corrected chi connectivity index (χ4v) is 3.97.